The number of halogens is 1. The molecule has 1 aromatic heterocycles. The number of benzene rings is 1. The van der Waals surface area contributed by atoms with Gasteiger partial charge in [0.25, 0.3) is 15.9 Å². The van der Waals surface area contributed by atoms with Crippen LogP contribution in [0.5, 0.6) is 0 Å². The maximum atomic E-state index is 12.4. The highest BCUT2D eigenvalue weighted by Gasteiger charge is 2.23. The predicted molar refractivity (Wildman–Crippen MR) is 108 cm³/mol. The Morgan fingerprint density at radius 3 is 2.42 bits per heavy atom. The van der Waals surface area contributed by atoms with Gasteiger partial charge >= 0.3 is 0 Å². The number of anilines is 1. The molecule has 3 rings (SSSR count). The minimum atomic E-state index is -3.62. The predicted octanol–water partition coefficient (Wildman–Crippen LogP) is 4.62. The minimum Gasteiger partial charge on any atom is -0.349 e. The van der Waals surface area contributed by atoms with Crippen molar-refractivity contribution in [3.05, 3.63) is 45.7 Å². The van der Waals surface area contributed by atoms with Crippen molar-refractivity contribution in [1.29, 1.82) is 0 Å². The highest BCUT2D eigenvalue weighted by molar-refractivity contribution is 9.11. The summed E-state index contributed by atoms with van der Waals surface area (Å²) in [5.74, 6) is 0.379. The average Bonchev–Trinajstić information content (AvgIpc) is 3.05. The van der Waals surface area contributed by atoms with Crippen molar-refractivity contribution in [3.63, 3.8) is 0 Å². The first-order valence-corrected chi connectivity index (χ1v) is 11.6. The normalized spacial score (nSPS) is 20.5. The maximum absolute atomic E-state index is 12.4. The van der Waals surface area contributed by atoms with Crippen LogP contribution < -0.4 is 10.0 Å². The molecular weight excluding hydrogens is 436 g/mol. The van der Waals surface area contributed by atoms with Gasteiger partial charge in [0.2, 0.25) is 0 Å². The summed E-state index contributed by atoms with van der Waals surface area (Å²) in [7, 11) is -3.62. The van der Waals surface area contributed by atoms with Crippen LogP contribution in [-0.2, 0) is 10.0 Å². The van der Waals surface area contributed by atoms with Gasteiger partial charge in [-0.2, -0.15) is 0 Å². The zero-order chi connectivity index (χ0) is 18.7. The molecule has 2 unspecified atom stereocenters. The van der Waals surface area contributed by atoms with E-state index in [1.165, 1.54) is 6.42 Å². The molecule has 2 N–H and O–H groups in total. The summed E-state index contributed by atoms with van der Waals surface area (Å²) < 4.78 is 28.2. The van der Waals surface area contributed by atoms with Crippen molar-refractivity contribution < 1.29 is 13.2 Å². The van der Waals surface area contributed by atoms with E-state index in [1.807, 2.05) is 0 Å². The highest BCUT2D eigenvalue weighted by atomic mass is 79.9. The van der Waals surface area contributed by atoms with Crippen LogP contribution in [0.4, 0.5) is 5.69 Å². The van der Waals surface area contributed by atoms with E-state index in [0.717, 1.165) is 34.4 Å². The Hall–Kier alpha value is -1.38. The molecule has 140 valence electrons. The largest absolute Gasteiger partial charge is 0.349 e. The molecule has 0 aliphatic heterocycles. The number of carbonyl (C=O) groups excluding carboxylic acids is 1. The van der Waals surface area contributed by atoms with Gasteiger partial charge in [-0.05, 0) is 71.1 Å². The van der Waals surface area contributed by atoms with Gasteiger partial charge in [-0.25, -0.2) is 8.42 Å². The van der Waals surface area contributed by atoms with Crippen LogP contribution in [0.25, 0.3) is 0 Å². The zero-order valence-corrected chi connectivity index (χ0v) is 17.6. The zero-order valence-electron chi connectivity index (χ0n) is 14.4. The molecule has 26 heavy (non-hydrogen) atoms. The third-order valence-electron chi connectivity index (χ3n) is 4.64. The smallest absolute Gasteiger partial charge is 0.271 e. The molecule has 0 radical (unpaired) electrons. The summed E-state index contributed by atoms with van der Waals surface area (Å²) in [5.41, 5.74) is 0.960. The number of sulfonamides is 1. The number of hydrogen-bond acceptors (Lipinski definition) is 4. The first kappa shape index (κ1) is 19.4. The second kappa shape index (κ2) is 8.10. The topological polar surface area (TPSA) is 75.3 Å². The summed E-state index contributed by atoms with van der Waals surface area (Å²) in [6.45, 7) is 2.17. The van der Waals surface area contributed by atoms with Crippen LogP contribution in [-0.4, -0.2) is 20.4 Å². The van der Waals surface area contributed by atoms with E-state index in [4.69, 9.17) is 0 Å². The summed E-state index contributed by atoms with van der Waals surface area (Å²) in [4.78, 5) is 12.4. The van der Waals surface area contributed by atoms with Gasteiger partial charge in [0, 0.05) is 17.3 Å². The molecule has 8 heteroatoms. The Bertz CT molecular complexity index is 878. The number of amides is 1. The fourth-order valence-electron chi connectivity index (χ4n) is 3.12. The molecule has 1 aromatic carbocycles. The molecule has 0 saturated heterocycles. The summed E-state index contributed by atoms with van der Waals surface area (Å²) in [6.07, 6.45) is 4.53. The van der Waals surface area contributed by atoms with Crippen molar-refractivity contribution in [2.75, 3.05) is 4.72 Å². The Kier molecular flexibility index (Phi) is 6.04. The van der Waals surface area contributed by atoms with Crippen molar-refractivity contribution in [2.24, 2.45) is 5.92 Å². The number of thiophene rings is 1. The molecule has 2 atom stereocenters. The van der Waals surface area contributed by atoms with Crippen LogP contribution in [0.15, 0.2) is 44.4 Å². The lowest BCUT2D eigenvalue weighted by Crippen LogP contribution is -2.41. The van der Waals surface area contributed by atoms with Gasteiger partial charge in [0.15, 0.2) is 0 Å². The lowest BCUT2D eigenvalue weighted by atomic mass is 9.86. The van der Waals surface area contributed by atoms with Crippen LogP contribution in [0.2, 0.25) is 0 Å². The molecule has 1 saturated carbocycles. The fraction of sp³-hybridized carbons (Fsp3) is 0.389. The summed E-state index contributed by atoms with van der Waals surface area (Å²) in [6, 6.07) is 9.96. The Morgan fingerprint density at radius 1 is 1.12 bits per heavy atom. The van der Waals surface area contributed by atoms with E-state index >= 15 is 0 Å². The van der Waals surface area contributed by atoms with Crippen molar-refractivity contribution in [2.45, 2.75) is 42.9 Å². The van der Waals surface area contributed by atoms with Crippen molar-refractivity contribution in [1.82, 2.24) is 5.32 Å². The molecule has 1 heterocycles. The van der Waals surface area contributed by atoms with Crippen LogP contribution in [0, 0.1) is 5.92 Å². The lowest BCUT2D eigenvalue weighted by molar-refractivity contribution is 0.0910. The average molecular weight is 457 g/mol. The Balaban J connectivity index is 1.65. The molecule has 1 aliphatic rings. The molecule has 5 nitrogen and oxygen atoms in total. The monoisotopic (exact) mass is 456 g/mol. The second-order valence-electron chi connectivity index (χ2n) is 6.58. The first-order valence-electron chi connectivity index (χ1n) is 8.54. The third kappa shape index (κ3) is 4.66. The minimum absolute atomic E-state index is 0.111. The fourth-order valence-corrected chi connectivity index (χ4v) is 6.19. The second-order valence-corrected chi connectivity index (χ2v) is 11.0. The van der Waals surface area contributed by atoms with Gasteiger partial charge < -0.3 is 5.32 Å². The van der Waals surface area contributed by atoms with Crippen LogP contribution in [0.1, 0.15) is 43.0 Å². The van der Waals surface area contributed by atoms with Gasteiger partial charge in [-0.1, -0.05) is 19.8 Å². The van der Waals surface area contributed by atoms with E-state index in [-0.39, 0.29) is 16.2 Å². The van der Waals surface area contributed by atoms with E-state index in [2.05, 4.69) is 32.9 Å². The van der Waals surface area contributed by atoms with Gasteiger partial charge in [0.05, 0.1) is 3.79 Å². The summed E-state index contributed by atoms with van der Waals surface area (Å²) in [5, 5.41) is 3.10. The maximum Gasteiger partial charge on any atom is 0.271 e. The van der Waals surface area contributed by atoms with Gasteiger partial charge in [-0.15, -0.1) is 11.3 Å². The SMILES string of the molecule is CC1CCCCC1NC(=O)c1ccc(NS(=O)(=O)c2ccc(Br)s2)cc1. The Morgan fingerprint density at radius 2 is 1.81 bits per heavy atom. The lowest BCUT2D eigenvalue weighted by Gasteiger charge is -2.29. The molecule has 1 fully saturated rings. The van der Waals surface area contributed by atoms with Gasteiger partial charge in [-0.3, -0.25) is 9.52 Å². The van der Waals surface area contributed by atoms with E-state index in [0.29, 0.717) is 17.2 Å². The number of rotatable bonds is 5. The quantitative estimate of drug-likeness (QED) is 0.688. The van der Waals surface area contributed by atoms with Gasteiger partial charge in [0.1, 0.15) is 4.21 Å². The molecule has 1 aliphatic carbocycles. The van der Waals surface area contributed by atoms with Crippen molar-refractivity contribution in [3.8, 4) is 0 Å². The Labute approximate surface area is 166 Å². The number of carbonyl (C=O) groups is 1. The summed E-state index contributed by atoms with van der Waals surface area (Å²) >= 11 is 4.41. The third-order valence-corrected chi connectivity index (χ3v) is 8.14. The standard InChI is InChI=1S/C18H21BrN2O3S2/c1-12-4-2-3-5-15(12)20-18(22)13-6-8-14(9-7-13)21-26(23,24)17-11-10-16(19)25-17/h6-12,15,21H,2-5H2,1H3,(H,20,22). The molecule has 1 amide bonds. The molecule has 2 aromatic rings. The van der Waals surface area contributed by atoms with E-state index in [9.17, 15) is 13.2 Å². The molecule has 0 bridgehead atoms. The van der Waals surface area contributed by atoms with Crippen LogP contribution >= 0.6 is 27.3 Å². The number of hydrogen-bond donors (Lipinski definition) is 2. The van der Waals surface area contributed by atoms with E-state index in [1.54, 1.807) is 36.4 Å². The first-order chi connectivity index (χ1) is 12.3. The van der Waals surface area contributed by atoms with Crippen molar-refractivity contribution >= 4 is 48.9 Å². The van der Waals surface area contributed by atoms with E-state index < -0.39 is 10.0 Å². The number of nitrogens with one attached hydrogen (secondary N) is 2. The van der Waals surface area contributed by atoms with Crippen LogP contribution in [0.3, 0.4) is 0 Å². The molecule has 0 spiro atoms. The molecular formula is C18H21BrN2O3S2. The highest BCUT2D eigenvalue weighted by Crippen LogP contribution is 2.28.